The second-order valence-corrected chi connectivity index (χ2v) is 9.56. The lowest BCUT2D eigenvalue weighted by Crippen LogP contribution is -2.37. The number of benzene rings is 1. The SMILES string of the molecule is [CH2][P+](C)(c1ccccc1)C1CCCC1[C@@H](C)NC. The average Bonchev–Trinajstić information content (AvgIpc) is 2.89. The summed E-state index contributed by atoms with van der Waals surface area (Å²) in [4.78, 5) is 0. The molecule has 0 aromatic heterocycles. The van der Waals surface area contributed by atoms with Crippen LogP contribution in [0.4, 0.5) is 0 Å². The Morgan fingerprint density at radius 2 is 1.94 bits per heavy atom. The topological polar surface area (TPSA) is 12.0 Å². The first-order valence-electron chi connectivity index (χ1n) is 7.01. The zero-order chi connectivity index (χ0) is 13.2. The van der Waals surface area contributed by atoms with Crippen LogP contribution < -0.4 is 10.6 Å². The van der Waals surface area contributed by atoms with Crippen LogP contribution in [-0.4, -0.2) is 25.4 Å². The van der Waals surface area contributed by atoms with Crippen molar-refractivity contribution in [2.24, 2.45) is 5.92 Å². The fourth-order valence-electron chi connectivity index (χ4n) is 3.43. The van der Waals surface area contributed by atoms with Crippen LogP contribution in [0.3, 0.4) is 0 Å². The molecule has 1 aromatic carbocycles. The van der Waals surface area contributed by atoms with Crippen molar-refractivity contribution < 1.29 is 0 Å². The van der Waals surface area contributed by atoms with E-state index in [1.807, 2.05) is 0 Å². The Bertz CT molecular complexity index is 374. The highest BCUT2D eigenvalue weighted by Gasteiger charge is 2.47. The molecule has 1 aliphatic rings. The normalized spacial score (nSPS) is 26.2. The van der Waals surface area contributed by atoms with Crippen molar-refractivity contribution in [2.45, 2.75) is 37.9 Å². The summed E-state index contributed by atoms with van der Waals surface area (Å²) in [6.45, 7) is 9.42. The molecule has 0 bridgehead atoms. The predicted octanol–water partition coefficient (Wildman–Crippen LogP) is 3.53. The van der Waals surface area contributed by atoms with Gasteiger partial charge in [0.25, 0.3) is 0 Å². The van der Waals surface area contributed by atoms with Crippen molar-refractivity contribution in [3.05, 3.63) is 37.0 Å². The van der Waals surface area contributed by atoms with Gasteiger partial charge in [0.2, 0.25) is 0 Å². The standard InChI is InChI=1S/C16H26NP/c1-13(17-2)15-11-8-12-16(15)18(3,4)14-9-6-5-7-10-14/h5-7,9-10,13,15-17H,3,8,11-12H2,1-2,4H3/q+1/t13-,15?,16?,18?/m1/s1. The largest absolute Gasteiger partial charge is 0.317 e. The van der Waals surface area contributed by atoms with Crippen molar-refractivity contribution in [2.75, 3.05) is 13.7 Å². The molecule has 2 heteroatoms. The second-order valence-electron chi connectivity index (χ2n) is 5.84. The molecular formula is C16H26NP+. The van der Waals surface area contributed by atoms with Gasteiger partial charge in [-0.15, -0.1) is 0 Å². The molecule has 4 atom stereocenters. The van der Waals surface area contributed by atoms with Gasteiger partial charge >= 0.3 is 0 Å². The van der Waals surface area contributed by atoms with Crippen molar-refractivity contribution in [3.63, 3.8) is 0 Å². The van der Waals surface area contributed by atoms with Gasteiger partial charge in [-0.05, 0) is 45.4 Å². The summed E-state index contributed by atoms with van der Waals surface area (Å²) in [5, 5.41) is 4.94. The monoisotopic (exact) mass is 263 g/mol. The predicted molar refractivity (Wildman–Crippen MR) is 83.9 cm³/mol. The lowest BCUT2D eigenvalue weighted by molar-refractivity contribution is 0.409. The molecule has 1 nitrogen and oxygen atoms in total. The van der Waals surface area contributed by atoms with Crippen LogP contribution in [0.5, 0.6) is 0 Å². The Labute approximate surface area is 113 Å². The lowest BCUT2D eigenvalue weighted by atomic mass is 10.00. The van der Waals surface area contributed by atoms with E-state index in [2.05, 4.69) is 62.9 Å². The summed E-state index contributed by atoms with van der Waals surface area (Å²) in [5.74, 6) is 0.797. The van der Waals surface area contributed by atoms with Crippen molar-refractivity contribution >= 4 is 12.6 Å². The zero-order valence-electron chi connectivity index (χ0n) is 11.9. The van der Waals surface area contributed by atoms with Crippen LogP contribution in [0.15, 0.2) is 30.3 Å². The van der Waals surface area contributed by atoms with Crippen LogP contribution in [-0.2, 0) is 0 Å². The van der Waals surface area contributed by atoms with E-state index in [0.717, 1.165) is 11.6 Å². The Hall–Kier alpha value is -0.390. The van der Waals surface area contributed by atoms with Gasteiger partial charge in [0.05, 0.1) is 31.6 Å². The van der Waals surface area contributed by atoms with Gasteiger partial charge in [0.15, 0.2) is 0 Å². The number of hydrogen-bond donors (Lipinski definition) is 1. The van der Waals surface area contributed by atoms with Gasteiger partial charge < -0.3 is 5.32 Å². The van der Waals surface area contributed by atoms with Gasteiger partial charge in [-0.2, -0.15) is 0 Å². The fourth-order valence-corrected chi connectivity index (χ4v) is 6.68. The molecular weight excluding hydrogens is 237 g/mol. The molecule has 99 valence electrons. The first kappa shape index (κ1) is 14.0. The minimum absolute atomic E-state index is 0.613. The molecule has 1 aliphatic carbocycles. The quantitative estimate of drug-likeness (QED) is 0.819. The van der Waals surface area contributed by atoms with E-state index in [-0.39, 0.29) is 0 Å². The molecule has 18 heavy (non-hydrogen) atoms. The third kappa shape index (κ3) is 2.63. The van der Waals surface area contributed by atoms with Crippen LogP contribution in [0.1, 0.15) is 26.2 Å². The van der Waals surface area contributed by atoms with Gasteiger partial charge in [0.1, 0.15) is 0 Å². The Morgan fingerprint density at radius 3 is 2.56 bits per heavy atom. The van der Waals surface area contributed by atoms with E-state index in [0.29, 0.717) is 6.04 Å². The maximum Gasteiger partial charge on any atom is 0.0980 e. The summed E-state index contributed by atoms with van der Waals surface area (Å²) in [7, 11) is 0.829. The van der Waals surface area contributed by atoms with E-state index in [4.69, 9.17) is 0 Å². The molecule has 0 heterocycles. The van der Waals surface area contributed by atoms with Crippen molar-refractivity contribution in [1.29, 1.82) is 0 Å². The Kier molecular flexibility index (Phi) is 4.45. The molecule has 2 rings (SSSR count). The highest BCUT2D eigenvalue weighted by Crippen LogP contribution is 2.63. The van der Waals surface area contributed by atoms with E-state index < -0.39 is 7.26 Å². The first-order valence-corrected chi connectivity index (χ1v) is 9.50. The van der Waals surface area contributed by atoms with Crippen molar-refractivity contribution in [3.8, 4) is 0 Å². The third-order valence-corrected chi connectivity index (χ3v) is 8.29. The minimum Gasteiger partial charge on any atom is -0.317 e. The average molecular weight is 263 g/mol. The van der Waals surface area contributed by atoms with Crippen molar-refractivity contribution in [1.82, 2.24) is 5.32 Å². The summed E-state index contributed by atoms with van der Waals surface area (Å²) in [6, 6.07) is 11.6. The molecule has 0 spiro atoms. The molecule has 3 unspecified atom stereocenters. The number of hydrogen-bond acceptors (Lipinski definition) is 1. The van der Waals surface area contributed by atoms with E-state index in [1.54, 1.807) is 0 Å². The highest BCUT2D eigenvalue weighted by molar-refractivity contribution is 7.84. The first-order chi connectivity index (χ1) is 8.57. The van der Waals surface area contributed by atoms with Gasteiger partial charge in [-0.1, -0.05) is 18.2 Å². The van der Waals surface area contributed by atoms with Gasteiger partial charge in [-0.3, -0.25) is 0 Å². The molecule has 1 aromatic rings. The third-order valence-electron chi connectivity index (χ3n) is 4.71. The maximum atomic E-state index is 4.67. The maximum absolute atomic E-state index is 4.67. The summed E-state index contributed by atoms with van der Waals surface area (Å²) < 4.78 is 0. The Morgan fingerprint density at radius 1 is 1.28 bits per heavy atom. The van der Waals surface area contributed by atoms with E-state index in [9.17, 15) is 0 Å². The molecule has 1 N–H and O–H groups in total. The Balaban J connectivity index is 2.24. The van der Waals surface area contributed by atoms with Crippen LogP contribution >= 0.6 is 7.26 Å². The molecule has 0 amide bonds. The molecule has 1 fully saturated rings. The summed E-state index contributed by atoms with van der Waals surface area (Å²) in [6.07, 6.45) is 4.10. The van der Waals surface area contributed by atoms with Crippen LogP contribution in [0.25, 0.3) is 0 Å². The smallest absolute Gasteiger partial charge is 0.0980 e. The van der Waals surface area contributed by atoms with Crippen LogP contribution in [0.2, 0.25) is 0 Å². The number of rotatable bonds is 4. The molecule has 0 saturated heterocycles. The summed E-state index contributed by atoms with van der Waals surface area (Å²) in [5.41, 5.74) is 0.794. The summed E-state index contributed by atoms with van der Waals surface area (Å²) >= 11 is 0. The van der Waals surface area contributed by atoms with Gasteiger partial charge in [-0.25, -0.2) is 0 Å². The van der Waals surface area contributed by atoms with Gasteiger partial charge in [0, 0.05) is 12.0 Å². The van der Waals surface area contributed by atoms with E-state index in [1.165, 1.54) is 24.6 Å². The molecule has 1 saturated carbocycles. The molecule has 1 radical (unpaired) electrons. The number of nitrogens with one attached hydrogen (secondary N) is 1. The minimum atomic E-state index is -1.26. The second kappa shape index (κ2) is 5.72. The van der Waals surface area contributed by atoms with E-state index >= 15 is 0 Å². The zero-order valence-corrected chi connectivity index (χ0v) is 12.8. The van der Waals surface area contributed by atoms with Crippen LogP contribution in [0, 0.1) is 12.6 Å². The molecule has 0 aliphatic heterocycles. The highest BCUT2D eigenvalue weighted by atomic mass is 31.2. The lowest BCUT2D eigenvalue weighted by Gasteiger charge is -2.32. The fraction of sp³-hybridized carbons (Fsp3) is 0.562.